The zero-order valence-electron chi connectivity index (χ0n) is 15.5. The summed E-state index contributed by atoms with van der Waals surface area (Å²) in [5.74, 6) is -1.30. The third-order valence-electron chi connectivity index (χ3n) is 4.09. The molecule has 0 spiro atoms. The predicted molar refractivity (Wildman–Crippen MR) is 104 cm³/mol. The molecule has 28 heavy (non-hydrogen) atoms. The number of rotatable bonds is 6. The van der Waals surface area contributed by atoms with Crippen molar-refractivity contribution in [2.24, 2.45) is 0 Å². The second-order valence-electron chi connectivity index (χ2n) is 6.16. The number of esters is 1. The van der Waals surface area contributed by atoms with Gasteiger partial charge >= 0.3 is 5.97 Å². The molecule has 3 rings (SSSR count). The zero-order chi connectivity index (χ0) is 20.1. The first-order valence-electron chi connectivity index (χ1n) is 8.63. The van der Waals surface area contributed by atoms with E-state index >= 15 is 0 Å². The van der Waals surface area contributed by atoms with Crippen LogP contribution in [0.15, 0.2) is 60.8 Å². The molecule has 0 unspecified atom stereocenters. The zero-order valence-corrected chi connectivity index (χ0v) is 15.5. The lowest BCUT2D eigenvalue weighted by molar-refractivity contribution is -0.119. The number of benzene rings is 2. The van der Waals surface area contributed by atoms with Crippen LogP contribution in [0.1, 0.15) is 33.3 Å². The van der Waals surface area contributed by atoms with Gasteiger partial charge in [-0.2, -0.15) is 5.10 Å². The molecule has 0 aliphatic heterocycles. The lowest BCUT2D eigenvalue weighted by Gasteiger charge is -2.10. The summed E-state index contributed by atoms with van der Waals surface area (Å²) >= 11 is 0. The van der Waals surface area contributed by atoms with E-state index in [9.17, 15) is 14.4 Å². The van der Waals surface area contributed by atoms with Crippen molar-refractivity contribution in [3.63, 3.8) is 0 Å². The van der Waals surface area contributed by atoms with Gasteiger partial charge in [-0.15, -0.1) is 0 Å². The van der Waals surface area contributed by atoms with E-state index in [1.807, 2.05) is 13.0 Å². The van der Waals surface area contributed by atoms with Crippen molar-refractivity contribution in [1.29, 1.82) is 0 Å². The molecule has 0 saturated heterocycles. The first-order valence-corrected chi connectivity index (χ1v) is 8.63. The van der Waals surface area contributed by atoms with Gasteiger partial charge in [0.1, 0.15) is 0 Å². The standard InChI is InChI=1S/C21H19N3O4/c1-14-11-12-22-24(14)17-9-7-16(8-10-17)21(27)28-13-20(26)23-19-6-4-3-5-18(19)15(2)25/h3-12H,13H2,1-2H3,(H,23,26). The molecule has 0 aliphatic rings. The fraction of sp³-hybridized carbons (Fsp3) is 0.143. The van der Waals surface area contributed by atoms with Gasteiger partial charge in [-0.1, -0.05) is 12.1 Å². The Balaban J connectivity index is 1.59. The van der Waals surface area contributed by atoms with Gasteiger partial charge in [0, 0.05) is 17.5 Å². The Morgan fingerprint density at radius 3 is 2.39 bits per heavy atom. The van der Waals surface area contributed by atoms with E-state index in [4.69, 9.17) is 4.74 Å². The summed E-state index contributed by atoms with van der Waals surface area (Å²) in [6.07, 6.45) is 1.69. The van der Waals surface area contributed by atoms with Crippen molar-refractivity contribution >= 4 is 23.3 Å². The Morgan fingerprint density at radius 1 is 1.04 bits per heavy atom. The van der Waals surface area contributed by atoms with Crippen molar-refractivity contribution in [3.8, 4) is 5.69 Å². The minimum absolute atomic E-state index is 0.166. The molecular formula is C21H19N3O4. The molecule has 3 aromatic rings. The minimum atomic E-state index is -0.612. The van der Waals surface area contributed by atoms with Crippen LogP contribution in [0.25, 0.3) is 5.69 Å². The van der Waals surface area contributed by atoms with Crippen molar-refractivity contribution in [3.05, 3.63) is 77.6 Å². The number of aromatic nitrogens is 2. The minimum Gasteiger partial charge on any atom is -0.452 e. The van der Waals surface area contributed by atoms with E-state index in [0.717, 1.165) is 11.4 Å². The number of anilines is 1. The maximum Gasteiger partial charge on any atom is 0.338 e. The molecule has 7 nitrogen and oxygen atoms in total. The average Bonchev–Trinajstić information content (AvgIpc) is 3.12. The first-order chi connectivity index (χ1) is 13.5. The lowest BCUT2D eigenvalue weighted by atomic mass is 10.1. The van der Waals surface area contributed by atoms with Gasteiger partial charge in [0.25, 0.3) is 5.91 Å². The van der Waals surface area contributed by atoms with Crippen LogP contribution in [-0.4, -0.2) is 34.0 Å². The highest BCUT2D eigenvalue weighted by Crippen LogP contribution is 2.16. The largest absolute Gasteiger partial charge is 0.452 e. The summed E-state index contributed by atoms with van der Waals surface area (Å²) in [6, 6.07) is 15.3. The number of nitrogens with zero attached hydrogens (tertiary/aromatic N) is 2. The molecule has 7 heteroatoms. The number of ketones is 1. The summed E-state index contributed by atoms with van der Waals surface area (Å²) in [5, 5.41) is 6.79. The van der Waals surface area contributed by atoms with E-state index < -0.39 is 18.5 Å². The topological polar surface area (TPSA) is 90.3 Å². The SMILES string of the molecule is CC(=O)c1ccccc1NC(=O)COC(=O)c1ccc(-n2nccc2C)cc1. The highest BCUT2D eigenvalue weighted by atomic mass is 16.5. The summed E-state index contributed by atoms with van der Waals surface area (Å²) < 4.78 is 6.80. The molecule has 1 N–H and O–H groups in total. The molecule has 142 valence electrons. The molecule has 0 radical (unpaired) electrons. The number of amides is 1. The monoisotopic (exact) mass is 377 g/mol. The van der Waals surface area contributed by atoms with E-state index in [1.165, 1.54) is 6.92 Å². The molecule has 0 fully saturated rings. The third-order valence-corrected chi connectivity index (χ3v) is 4.09. The number of para-hydroxylation sites is 1. The second-order valence-corrected chi connectivity index (χ2v) is 6.16. The van der Waals surface area contributed by atoms with Crippen molar-refractivity contribution < 1.29 is 19.1 Å². The molecule has 0 aliphatic carbocycles. The Morgan fingerprint density at radius 2 is 1.75 bits per heavy atom. The number of aryl methyl sites for hydroxylation is 1. The number of nitrogens with one attached hydrogen (secondary N) is 1. The highest BCUT2D eigenvalue weighted by molar-refractivity contribution is 6.04. The Labute approximate surface area is 161 Å². The van der Waals surface area contributed by atoms with Gasteiger partial charge in [0.2, 0.25) is 0 Å². The first kappa shape index (κ1) is 19.0. The van der Waals surface area contributed by atoms with Gasteiger partial charge in [0.15, 0.2) is 12.4 Å². The Hall–Kier alpha value is -3.74. The van der Waals surface area contributed by atoms with Gasteiger partial charge in [-0.3, -0.25) is 9.59 Å². The Kier molecular flexibility index (Phi) is 5.64. The highest BCUT2D eigenvalue weighted by Gasteiger charge is 2.13. The van der Waals surface area contributed by atoms with Gasteiger partial charge < -0.3 is 10.1 Å². The summed E-state index contributed by atoms with van der Waals surface area (Å²) in [4.78, 5) is 35.8. The molecule has 1 aromatic heterocycles. The Bertz CT molecular complexity index is 1020. The van der Waals surface area contributed by atoms with E-state index in [2.05, 4.69) is 10.4 Å². The fourth-order valence-corrected chi connectivity index (χ4v) is 2.68. The molecule has 1 heterocycles. The lowest BCUT2D eigenvalue weighted by Crippen LogP contribution is -2.22. The van der Waals surface area contributed by atoms with E-state index in [0.29, 0.717) is 16.8 Å². The molecule has 2 aromatic carbocycles. The van der Waals surface area contributed by atoms with E-state index in [-0.39, 0.29) is 5.78 Å². The van der Waals surface area contributed by atoms with Crippen LogP contribution in [0, 0.1) is 6.92 Å². The van der Waals surface area contributed by atoms with Gasteiger partial charge in [-0.05, 0) is 56.3 Å². The number of carbonyl (C=O) groups excluding carboxylic acids is 3. The number of ether oxygens (including phenoxy) is 1. The molecule has 1 amide bonds. The normalized spacial score (nSPS) is 10.4. The second kappa shape index (κ2) is 8.30. The van der Waals surface area contributed by atoms with Crippen LogP contribution in [0.5, 0.6) is 0 Å². The summed E-state index contributed by atoms with van der Waals surface area (Å²) in [6.45, 7) is 2.89. The molecule has 0 saturated carbocycles. The summed E-state index contributed by atoms with van der Waals surface area (Å²) in [7, 11) is 0. The van der Waals surface area contributed by atoms with Gasteiger partial charge in [0.05, 0.1) is 16.9 Å². The van der Waals surface area contributed by atoms with E-state index in [1.54, 1.807) is 59.4 Å². The van der Waals surface area contributed by atoms with Crippen LogP contribution in [0.3, 0.4) is 0 Å². The average molecular weight is 377 g/mol. The quantitative estimate of drug-likeness (QED) is 0.526. The van der Waals surface area contributed by atoms with Crippen molar-refractivity contribution in [2.45, 2.75) is 13.8 Å². The fourth-order valence-electron chi connectivity index (χ4n) is 2.68. The van der Waals surface area contributed by atoms with Crippen molar-refractivity contribution in [1.82, 2.24) is 9.78 Å². The third kappa shape index (κ3) is 4.32. The number of hydrogen-bond donors (Lipinski definition) is 1. The molecular weight excluding hydrogens is 358 g/mol. The number of hydrogen-bond acceptors (Lipinski definition) is 5. The summed E-state index contributed by atoms with van der Waals surface area (Å²) in [5.41, 5.74) is 2.89. The smallest absolute Gasteiger partial charge is 0.338 e. The van der Waals surface area contributed by atoms with Crippen LogP contribution in [0.4, 0.5) is 5.69 Å². The van der Waals surface area contributed by atoms with Crippen LogP contribution >= 0.6 is 0 Å². The van der Waals surface area contributed by atoms with Crippen LogP contribution in [-0.2, 0) is 9.53 Å². The van der Waals surface area contributed by atoms with Crippen molar-refractivity contribution in [2.75, 3.05) is 11.9 Å². The molecule has 0 atom stereocenters. The van der Waals surface area contributed by atoms with Crippen LogP contribution < -0.4 is 5.32 Å². The number of Topliss-reactive ketones (excluding diaryl/α,β-unsaturated/α-hetero) is 1. The predicted octanol–water partition coefficient (Wildman–Crippen LogP) is 3.18. The maximum absolute atomic E-state index is 12.2. The maximum atomic E-state index is 12.2. The van der Waals surface area contributed by atoms with Crippen LogP contribution in [0.2, 0.25) is 0 Å². The number of carbonyl (C=O) groups is 3. The molecule has 0 bridgehead atoms. The van der Waals surface area contributed by atoms with Gasteiger partial charge in [-0.25, -0.2) is 9.48 Å².